The summed E-state index contributed by atoms with van der Waals surface area (Å²) in [6.45, 7) is 1.93. The second kappa shape index (κ2) is 9.74. The van der Waals surface area contributed by atoms with Crippen LogP contribution in [0.2, 0.25) is 0 Å². The summed E-state index contributed by atoms with van der Waals surface area (Å²) in [6, 6.07) is 12.1. The first-order chi connectivity index (χ1) is 14.7. The lowest BCUT2D eigenvalue weighted by Gasteiger charge is -2.33. The molecule has 2 aliphatic rings. The summed E-state index contributed by atoms with van der Waals surface area (Å²) >= 11 is 1.59. The number of rotatable bonds is 5. The van der Waals surface area contributed by atoms with Crippen LogP contribution in [0.1, 0.15) is 59.8 Å². The summed E-state index contributed by atoms with van der Waals surface area (Å²) < 4.78 is 0. The predicted octanol–water partition coefficient (Wildman–Crippen LogP) is 4.27. The largest absolute Gasteiger partial charge is 0.388 e. The van der Waals surface area contributed by atoms with Crippen LogP contribution >= 0.6 is 11.3 Å². The van der Waals surface area contributed by atoms with Gasteiger partial charge in [0.25, 0.3) is 0 Å². The maximum absolute atomic E-state index is 12.7. The Morgan fingerprint density at radius 2 is 1.93 bits per heavy atom. The summed E-state index contributed by atoms with van der Waals surface area (Å²) in [4.78, 5) is 16.1. The van der Waals surface area contributed by atoms with Gasteiger partial charge in [0.2, 0.25) is 5.91 Å². The Hall–Kier alpha value is -2.20. The van der Waals surface area contributed by atoms with Crippen molar-refractivity contribution in [3.63, 3.8) is 0 Å². The van der Waals surface area contributed by atoms with Gasteiger partial charge in [0.15, 0.2) is 0 Å². The molecule has 0 radical (unpaired) electrons. The molecular formula is C24H29N3O2S. The number of fused-ring (bicyclic) bond motifs is 1. The van der Waals surface area contributed by atoms with Gasteiger partial charge in [-0.3, -0.25) is 9.69 Å². The lowest BCUT2D eigenvalue weighted by Crippen LogP contribution is -2.40. The Bertz CT molecular complexity index is 911. The molecule has 1 aliphatic carbocycles. The first-order valence-electron chi connectivity index (χ1n) is 11.0. The molecule has 1 atom stereocenters. The lowest BCUT2D eigenvalue weighted by molar-refractivity contribution is -0.117. The highest BCUT2D eigenvalue weighted by Gasteiger charge is 2.27. The first-order valence-corrected chi connectivity index (χ1v) is 11.8. The number of thiophene rings is 1. The van der Waals surface area contributed by atoms with Crippen molar-refractivity contribution >= 4 is 22.2 Å². The second-order valence-corrected chi connectivity index (χ2v) is 9.50. The summed E-state index contributed by atoms with van der Waals surface area (Å²) in [5.74, 6) is 0.176. The van der Waals surface area contributed by atoms with E-state index in [2.05, 4.69) is 16.3 Å². The van der Waals surface area contributed by atoms with E-state index in [9.17, 15) is 15.2 Å². The van der Waals surface area contributed by atoms with Gasteiger partial charge >= 0.3 is 0 Å². The van der Waals surface area contributed by atoms with E-state index in [-0.39, 0.29) is 11.8 Å². The number of anilines is 1. The molecule has 1 unspecified atom stereocenters. The number of hydrogen-bond acceptors (Lipinski definition) is 5. The van der Waals surface area contributed by atoms with E-state index in [1.54, 1.807) is 11.3 Å². The van der Waals surface area contributed by atoms with Crippen LogP contribution in [0, 0.1) is 17.2 Å². The molecule has 0 saturated carbocycles. The highest BCUT2D eigenvalue weighted by atomic mass is 32.1. The highest BCUT2D eigenvalue weighted by Crippen LogP contribution is 2.37. The van der Waals surface area contributed by atoms with E-state index in [0.29, 0.717) is 12.1 Å². The van der Waals surface area contributed by atoms with Crippen LogP contribution in [0.5, 0.6) is 0 Å². The van der Waals surface area contributed by atoms with Gasteiger partial charge in [-0.05, 0) is 68.7 Å². The molecular weight excluding hydrogens is 394 g/mol. The topological polar surface area (TPSA) is 76.4 Å². The van der Waals surface area contributed by atoms with Crippen LogP contribution in [0.25, 0.3) is 0 Å². The smallest absolute Gasteiger partial charge is 0.239 e. The van der Waals surface area contributed by atoms with Gasteiger partial charge in [0, 0.05) is 4.88 Å². The molecule has 1 aromatic heterocycles. The van der Waals surface area contributed by atoms with E-state index in [0.717, 1.165) is 67.7 Å². The van der Waals surface area contributed by atoms with Crippen LogP contribution in [-0.2, 0) is 17.6 Å². The fraction of sp³-hybridized carbons (Fsp3) is 0.500. The number of aryl methyl sites for hydroxylation is 1. The van der Waals surface area contributed by atoms with Gasteiger partial charge in [0.05, 0.1) is 18.2 Å². The Labute approximate surface area is 182 Å². The first kappa shape index (κ1) is 21.0. The minimum Gasteiger partial charge on any atom is -0.388 e. The number of carbonyl (C=O) groups excluding carboxylic acids is 1. The van der Waals surface area contributed by atoms with Gasteiger partial charge in [-0.25, -0.2) is 0 Å². The number of amides is 1. The third-order valence-electron chi connectivity index (χ3n) is 6.37. The number of nitrogens with one attached hydrogen (secondary N) is 1. The average molecular weight is 424 g/mol. The molecule has 158 valence electrons. The average Bonchev–Trinajstić information content (AvgIpc) is 2.93. The van der Waals surface area contributed by atoms with Crippen molar-refractivity contribution in [1.29, 1.82) is 5.26 Å². The minimum atomic E-state index is -0.443. The fourth-order valence-corrected chi connectivity index (χ4v) is 5.92. The quantitative estimate of drug-likeness (QED) is 0.704. The van der Waals surface area contributed by atoms with Crippen LogP contribution in [0.15, 0.2) is 30.3 Å². The van der Waals surface area contributed by atoms with E-state index >= 15 is 0 Å². The summed E-state index contributed by atoms with van der Waals surface area (Å²) in [6.07, 6.45) is 6.76. The van der Waals surface area contributed by atoms with E-state index < -0.39 is 6.10 Å². The van der Waals surface area contributed by atoms with Crippen molar-refractivity contribution < 1.29 is 9.90 Å². The maximum atomic E-state index is 12.7. The normalized spacial score (nSPS) is 18.8. The second-order valence-electron chi connectivity index (χ2n) is 8.40. The third kappa shape index (κ3) is 4.75. The number of benzene rings is 1. The van der Waals surface area contributed by atoms with Crippen LogP contribution < -0.4 is 5.32 Å². The van der Waals surface area contributed by atoms with E-state index in [4.69, 9.17) is 0 Å². The number of aliphatic hydroxyl groups excluding tert-OH is 1. The van der Waals surface area contributed by atoms with Crippen molar-refractivity contribution in [2.24, 2.45) is 5.92 Å². The van der Waals surface area contributed by atoms with Gasteiger partial charge in [-0.15, -0.1) is 11.3 Å². The fourth-order valence-electron chi connectivity index (χ4n) is 4.67. The molecule has 1 amide bonds. The molecule has 1 saturated heterocycles. The molecule has 1 fully saturated rings. The molecule has 1 aromatic carbocycles. The third-order valence-corrected chi connectivity index (χ3v) is 7.58. The number of nitrogens with zero attached hydrogens (tertiary/aromatic N) is 2. The van der Waals surface area contributed by atoms with Gasteiger partial charge in [-0.2, -0.15) is 5.26 Å². The Morgan fingerprint density at radius 1 is 1.20 bits per heavy atom. The number of hydrogen-bond donors (Lipinski definition) is 2. The molecule has 30 heavy (non-hydrogen) atoms. The Kier molecular flexibility index (Phi) is 6.83. The number of carbonyl (C=O) groups is 1. The van der Waals surface area contributed by atoms with Crippen molar-refractivity contribution in [2.75, 3.05) is 25.0 Å². The molecule has 2 N–H and O–H groups in total. The summed E-state index contributed by atoms with van der Waals surface area (Å²) in [5, 5.41) is 24.0. The molecule has 0 spiro atoms. The van der Waals surface area contributed by atoms with Crippen LogP contribution in [0.4, 0.5) is 5.00 Å². The molecule has 2 aromatic rings. The number of likely N-dealkylation sites (tertiary alicyclic amines) is 1. The van der Waals surface area contributed by atoms with Gasteiger partial charge < -0.3 is 10.4 Å². The van der Waals surface area contributed by atoms with Gasteiger partial charge in [-0.1, -0.05) is 36.8 Å². The highest BCUT2D eigenvalue weighted by molar-refractivity contribution is 7.16. The number of piperidine rings is 1. The number of aliphatic hydroxyl groups is 1. The Balaban J connectivity index is 1.31. The lowest BCUT2D eigenvalue weighted by atomic mass is 9.87. The number of nitriles is 1. The van der Waals surface area contributed by atoms with Gasteiger partial charge in [0.1, 0.15) is 11.1 Å². The molecule has 1 aliphatic heterocycles. The Morgan fingerprint density at radius 3 is 2.67 bits per heavy atom. The van der Waals surface area contributed by atoms with Crippen molar-refractivity contribution in [3.05, 3.63) is 51.9 Å². The van der Waals surface area contributed by atoms with E-state index in [1.807, 2.05) is 30.3 Å². The SMILES string of the molecule is N#Cc1c(NC(=O)CN2CCC(C(O)c3ccccc3)CC2)sc2c1CCCCC2. The zero-order valence-electron chi connectivity index (χ0n) is 17.3. The zero-order valence-corrected chi connectivity index (χ0v) is 18.1. The van der Waals surface area contributed by atoms with E-state index in [1.165, 1.54) is 11.3 Å². The summed E-state index contributed by atoms with van der Waals surface area (Å²) in [5.41, 5.74) is 2.80. The van der Waals surface area contributed by atoms with Crippen molar-refractivity contribution in [3.8, 4) is 6.07 Å². The minimum absolute atomic E-state index is 0.0510. The molecule has 6 heteroatoms. The summed E-state index contributed by atoms with van der Waals surface area (Å²) in [7, 11) is 0. The van der Waals surface area contributed by atoms with Crippen LogP contribution in [-0.4, -0.2) is 35.5 Å². The molecule has 4 rings (SSSR count). The molecule has 2 heterocycles. The zero-order chi connectivity index (χ0) is 20.9. The maximum Gasteiger partial charge on any atom is 0.239 e. The molecule has 5 nitrogen and oxygen atoms in total. The standard InChI is InChI=1S/C24H29N3O2S/c25-15-20-19-9-5-2-6-10-21(19)30-24(20)26-22(28)16-27-13-11-18(12-14-27)23(29)17-7-3-1-4-8-17/h1,3-4,7-8,18,23,29H,2,5-6,9-14,16H2,(H,26,28). The van der Waals surface area contributed by atoms with Crippen molar-refractivity contribution in [2.45, 2.75) is 51.0 Å². The van der Waals surface area contributed by atoms with Crippen molar-refractivity contribution in [1.82, 2.24) is 4.90 Å². The van der Waals surface area contributed by atoms with Crippen LogP contribution in [0.3, 0.4) is 0 Å². The monoisotopic (exact) mass is 423 g/mol. The predicted molar refractivity (Wildman–Crippen MR) is 119 cm³/mol. The molecule has 0 bridgehead atoms.